The number of hydrogen-bond donors (Lipinski definition) is 0. The van der Waals surface area contributed by atoms with Crippen molar-refractivity contribution < 1.29 is 13.8 Å². The van der Waals surface area contributed by atoms with E-state index in [1.807, 2.05) is 53.7 Å². The largest absolute Gasteiger partial charge is 0.380 e. The molecular formula is C41H66N6O3. The minimum Gasteiger partial charge on any atom is -0.380 e. The van der Waals surface area contributed by atoms with Crippen molar-refractivity contribution in [3.05, 3.63) is 96.7 Å². The molecule has 0 bridgehead atoms. The van der Waals surface area contributed by atoms with Crippen LogP contribution in [-0.4, -0.2) is 98.8 Å². The molecule has 0 aliphatic carbocycles. The van der Waals surface area contributed by atoms with Gasteiger partial charge in [0.1, 0.15) is 12.5 Å². The lowest BCUT2D eigenvalue weighted by Crippen LogP contribution is -2.47. The number of hydrogen-bond acceptors (Lipinski definition) is 9. The molecule has 50 heavy (non-hydrogen) atoms. The van der Waals surface area contributed by atoms with E-state index < -0.39 is 0 Å². The SMILES string of the molecule is CC.CC.CC.c1ccc(N2CCN(CCCCCc3ccon3)CC2)cc1.c1ccc(N2CCN(CCOCCc3ccon3)CC2)cc1. The highest BCUT2D eigenvalue weighted by Crippen LogP contribution is 2.17. The number of nitrogens with zero attached hydrogens (tertiary/aromatic N) is 6. The third-order valence-electron chi connectivity index (χ3n) is 8.43. The maximum atomic E-state index is 5.68. The van der Waals surface area contributed by atoms with E-state index in [1.54, 1.807) is 12.5 Å². The maximum Gasteiger partial charge on any atom is 0.124 e. The number of benzene rings is 2. The van der Waals surface area contributed by atoms with Gasteiger partial charge in [0.15, 0.2) is 0 Å². The lowest BCUT2D eigenvalue weighted by atomic mass is 10.1. The Balaban J connectivity index is 0.000000302. The molecule has 0 unspecified atom stereocenters. The van der Waals surface area contributed by atoms with Crippen molar-refractivity contribution in [3.63, 3.8) is 0 Å². The zero-order valence-electron chi connectivity index (χ0n) is 32.0. The molecule has 2 aromatic carbocycles. The Morgan fingerprint density at radius 2 is 0.960 bits per heavy atom. The van der Waals surface area contributed by atoms with Crippen LogP contribution in [0.5, 0.6) is 0 Å². The number of ether oxygens (including phenoxy) is 1. The van der Waals surface area contributed by atoms with Crippen molar-refractivity contribution in [2.45, 2.75) is 73.6 Å². The van der Waals surface area contributed by atoms with Crippen LogP contribution in [0.3, 0.4) is 0 Å². The van der Waals surface area contributed by atoms with Gasteiger partial charge in [-0.15, -0.1) is 0 Å². The quantitative estimate of drug-likeness (QED) is 0.121. The first-order valence-electron chi connectivity index (χ1n) is 19.2. The Morgan fingerprint density at radius 1 is 0.500 bits per heavy atom. The summed E-state index contributed by atoms with van der Waals surface area (Å²) >= 11 is 0. The van der Waals surface area contributed by atoms with Gasteiger partial charge in [0.25, 0.3) is 0 Å². The fourth-order valence-corrected chi connectivity index (χ4v) is 5.76. The number of anilines is 2. The summed E-state index contributed by atoms with van der Waals surface area (Å²) in [6.45, 7) is 24.7. The van der Waals surface area contributed by atoms with E-state index in [4.69, 9.17) is 13.8 Å². The summed E-state index contributed by atoms with van der Waals surface area (Å²) in [6.07, 6.45) is 8.87. The molecule has 2 aromatic heterocycles. The van der Waals surface area contributed by atoms with Crippen LogP contribution in [0.25, 0.3) is 0 Å². The van der Waals surface area contributed by atoms with Crippen LogP contribution in [0.1, 0.15) is 72.2 Å². The monoisotopic (exact) mass is 691 g/mol. The van der Waals surface area contributed by atoms with Crippen LogP contribution in [0.15, 0.2) is 94.4 Å². The predicted octanol–water partition coefficient (Wildman–Crippen LogP) is 8.34. The number of unbranched alkanes of at least 4 members (excludes halogenated alkanes) is 2. The molecule has 2 fully saturated rings. The summed E-state index contributed by atoms with van der Waals surface area (Å²) < 4.78 is 15.3. The van der Waals surface area contributed by atoms with Crippen LogP contribution in [0.4, 0.5) is 11.4 Å². The number of piperazine rings is 2. The minimum atomic E-state index is 0.705. The molecule has 9 heteroatoms. The lowest BCUT2D eigenvalue weighted by molar-refractivity contribution is 0.103. The summed E-state index contributed by atoms with van der Waals surface area (Å²) in [7, 11) is 0. The van der Waals surface area contributed by atoms with Crippen LogP contribution >= 0.6 is 0 Å². The molecule has 4 heterocycles. The van der Waals surface area contributed by atoms with Crippen molar-refractivity contribution in [1.29, 1.82) is 0 Å². The molecule has 0 N–H and O–H groups in total. The first-order valence-corrected chi connectivity index (χ1v) is 19.2. The van der Waals surface area contributed by atoms with Crippen LogP contribution in [0.2, 0.25) is 0 Å². The summed E-state index contributed by atoms with van der Waals surface area (Å²) in [5.74, 6) is 0. The first kappa shape index (κ1) is 42.5. The van der Waals surface area contributed by atoms with Crippen LogP contribution in [0, 0.1) is 0 Å². The molecule has 2 aliphatic rings. The second kappa shape index (κ2) is 28.1. The highest BCUT2D eigenvalue weighted by Gasteiger charge is 2.17. The topological polar surface area (TPSA) is 74.3 Å². The third-order valence-corrected chi connectivity index (χ3v) is 8.43. The summed E-state index contributed by atoms with van der Waals surface area (Å²) in [6, 6.07) is 25.2. The molecule has 6 rings (SSSR count). The lowest BCUT2D eigenvalue weighted by Gasteiger charge is -2.36. The number of para-hydroxylation sites is 2. The van der Waals surface area contributed by atoms with E-state index in [-0.39, 0.29) is 0 Å². The Kier molecular flexibility index (Phi) is 23.9. The maximum absolute atomic E-state index is 5.68. The Morgan fingerprint density at radius 3 is 1.42 bits per heavy atom. The van der Waals surface area contributed by atoms with E-state index in [0.29, 0.717) is 6.61 Å². The standard InChI is InChI=1S/C18H25N3O.C17H23N3O2.3C2H6/c1-4-8-18(9-5-1)21-14-12-20(13-15-21)11-6-2-3-7-17-10-16-22-19-17;1-2-4-17(5-3-1)20-10-8-19(9-11-20)12-15-21-13-6-16-7-14-22-18-16;3*1-2/h1,4-5,8-10,16H,2-3,6-7,11-15H2;1-5,7,14H,6,8-13,15H2;3*1-2H3. The molecule has 0 spiro atoms. The molecule has 278 valence electrons. The van der Waals surface area contributed by atoms with Gasteiger partial charge in [-0.3, -0.25) is 9.80 Å². The van der Waals surface area contributed by atoms with Crippen molar-refractivity contribution in [2.24, 2.45) is 0 Å². The molecule has 4 aromatic rings. The summed E-state index contributed by atoms with van der Waals surface area (Å²) in [5.41, 5.74) is 4.72. The van der Waals surface area contributed by atoms with Gasteiger partial charge in [0, 0.05) is 88.8 Å². The molecule has 2 aliphatic heterocycles. The number of rotatable bonds is 14. The van der Waals surface area contributed by atoms with Crippen molar-refractivity contribution >= 4 is 11.4 Å². The summed E-state index contributed by atoms with van der Waals surface area (Å²) in [5, 5.41) is 7.82. The van der Waals surface area contributed by atoms with E-state index in [1.165, 1.54) is 50.3 Å². The molecule has 0 atom stereocenters. The Bertz CT molecular complexity index is 1140. The fraction of sp³-hybridized carbons (Fsp3) is 0.561. The van der Waals surface area contributed by atoms with Gasteiger partial charge in [0.2, 0.25) is 0 Å². The van der Waals surface area contributed by atoms with Crippen molar-refractivity contribution in [3.8, 4) is 0 Å². The van der Waals surface area contributed by atoms with E-state index >= 15 is 0 Å². The molecular weight excluding hydrogens is 624 g/mol. The normalized spacial score (nSPS) is 14.5. The smallest absolute Gasteiger partial charge is 0.124 e. The summed E-state index contributed by atoms with van der Waals surface area (Å²) in [4.78, 5) is 9.99. The molecule has 0 radical (unpaired) electrons. The van der Waals surface area contributed by atoms with Crippen molar-refractivity contribution in [1.82, 2.24) is 20.1 Å². The van der Waals surface area contributed by atoms with Crippen LogP contribution < -0.4 is 9.80 Å². The van der Waals surface area contributed by atoms with Gasteiger partial charge in [-0.05, 0) is 50.1 Å². The zero-order chi connectivity index (χ0) is 36.1. The number of aromatic nitrogens is 2. The van der Waals surface area contributed by atoms with Gasteiger partial charge in [-0.1, -0.05) is 94.7 Å². The Labute approximate surface area is 303 Å². The van der Waals surface area contributed by atoms with Crippen molar-refractivity contribution in [2.75, 3.05) is 88.5 Å². The Hall–Kier alpha value is -3.66. The molecule has 0 saturated carbocycles. The second-order valence-corrected chi connectivity index (χ2v) is 11.5. The first-order chi connectivity index (χ1) is 24.8. The minimum absolute atomic E-state index is 0.705. The third kappa shape index (κ3) is 16.8. The molecule has 2 saturated heterocycles. The average Bonchev–Trinajstić information content (AvgIpc) is 3.94. The van der Waals surface area contributed by atoms with Crippen LogP contribution in [-0.2, 0) is 17.6 Å². The predicted molar refractivity (Wildman–Crippen MR) is 209 cm³/mol. The van der Waals surface area contributed by atoms with E-state index in [0.717, 1.165) is 76.6 Å². The van der Waals surface area contributed by atoms with Gasteiger partial charge in [-0.2, -0.15) is 0 Å². The zero-order valence-corrected chi connectivity index (χ0v) is 32.0. The second-order valence-electron chi connectivity index (χ2n) is 11.5. The van der Waals surface area contributed by atoms with E-state index in [9.17, 15) is 0 Å². The fourth-order valence-electron chi connectivity index (χ4n) is 5.76. The number of aryl methyl sites for hydroxylation is 1. The van der Waals surface area contributed by atoms with Gasteiger partial charge in [0.05, 0.1) is 24.6 Å². The van der Waals surface area contributed by atoms with Gasteiger partial charge < -0.3 is 23.6 Å². The molecule has 9 nitrogen and oxygen atoms in total. The van der Waals surface area contributed by atoms with Gasteiger partial charge in [-0.25, -0.2) is 0 Å². The highest BCUT2D eigenvalue weighted by atomic mass is 16.5. The average molecular weight is 691 g/mol. The molecule has 0 amide bonds. The highest BCUT2D eigenvalue weighted by molar-refractivity contribution is 5.47. The van der Waals surface area contributed by atoms with E-state index in [2.05, 4.69) is 90.6 Å². The van der Waals surface area contributed by atoms with Gasteiger partial charge >= 0.3 is 0 Å².